The molecule has 1 aromatic carbocycles. The third-order valence-corrected chi connectivity index (χ3v) is 4.88. The van der Waals surface area contributed by atoms with E-state index in [0.29, 0.717) is 36.3 Å². The van der Waals surface area contributed by atoms with Gasteiger partial charge in [0.25, 0.3) is 0 Å². The molecule has 162 valence electrons. The van der Waals surface area contributed by atoms with Gasteiger partial charge >= 0.3 is 17.7 Å². The average molecular weight is 415 g/mol. The van der Waals surface area contributed by atoms with Crippen molar-refractivity contribution in [2.75, 3.05) is 6.54 Å². The molecule has 1 aromatic heterocycles. The van der Waals surface area contributed by atoms with Crippen LogP contribution >= 0.6 is 0 Å². The van der Waals surface area contributed by atoms with Gasteiger partial charge in [-0.25, -0.2) is 9.59 Å². The quantitative estimate of drug-likeness (QED) is 0.341. The van der Waals surface area contributed by atoms with E-state index in [1.165, 1.54) is 0 Å². The molecule has 0 radical (unpaired) electrons. The summed E-state index contributed by atoms with van der Waals surface area (Å²) in [6.45, 7) is 7.54. The van der Waals surface area contributed by atoms with Gasteiger partial charge in [-0.15, -0.1) is 0 Å². The van der Waals surface area contributed by atoms with Crippen LogP contribution in [0.4, 0.5) is 4.79 Å². The van der Waals surface area contributed by atoms with E-state index >= 15 is 0 Å². The first kappa shape index (κ1) is 21.9. The van der Waals surface area contributed by atoms with Crippen molar-refractivity contribution in [3.63, 3.8) is 0 Å². The fourth-order valence-corrected chi connectivity index (χ4v) is 3.66. The normalized spacial score (nSPS) is 13.6. The van der Waals surface area contributed by atoms with Crippen LogP contribution in [0.25, 0.3) is 11.0 Å². The van der Waals surface area contributed by atoms with E-state index in [2.05, 4.69) is 5.32 Å². The molecule has 1 aliphatic rings. The van der Waals surface area contributed by atoms with Crippen molar-refractivity contribution < 1.29 is 23.5 Å². The molecule has 1 aliphatic carbocycles. The largest absolute Gasteiger partial charge is 0.444 e. The zero-order chi connectivity index (χ0) is 21.9. The fraction of sp³-hybridized carbons (Fsp3) is 0.522. The number of carbonyl (C=O) groups excluding carboxylic acids is 2. The molecular weight excluding hydrogens is 386 g/mol. The van der Waals surface area contributed by atoms with Crippen molar-refractivity contribution >= 4 is 23.0 Å². The number of rotatable bonds is 5. The number of hydrogen-bond donors (Lipinski definition) is 1. The van der Waals surface area contributed by atoms with Gasteiger partial charge in [0.1, 0.15) is 16.9 Å². The SMILES string of the molecule is Cc1cc(OC(=O)CCCNC(=O)OC(C)(C)C)c2c3c(c(=O)oc2c1)CCCC3. The molecule has 0 atom stereocenters. The number of ether oxygens (including phenoxy) is 2. The molecule has 7 nitrogen and oxygen atoms in total. The lowest BCUT2D eigenvalue weighted by molar-refractivity contribution is -0.134. The van der Waals surface area contributed by atoms with Gasteiger partial charge in [0.05, 0.1) is 5.39 Å². The Morgan fingerprint density at radius 1 is 1.13 bits per heavy atom. The molecule has 0 spiro atoms. The Labute approximate surface area is 175 Å². The highest BCUT2D eigenvalue weighted by atomic mass is 16.6. The second-order valence-electron chi connectivity index (χ2n) is 8.70. The topological polar surface area (TPSA) is 94.8 Å². The van der Waals surface area contributed by atoms with Gasteiger partial charge in [0.2, 0.25) is 0 Å². The lowest BCUT2D eigenvalue weighted by Gasteiger charge is -2.19. The fourth-order valence-electron chi connectivity index (χ4n) is 3.66. The standard InChI is InChI=1S/C23H29NO6/c1-14-12-17(28-19(25)10-7-11-24-22(27)30-23(2,3)4)20-15-8-5-6-9-16(15)21(26)29-18(20)13-14/h12-13H,5-11H2,1-4H3,(H,24,27). The number of fused-ring (bicyclic) bond motifs is 3. The minimum atomic E-state index is -0.566. The van der Waals surface area contributed by atoms with Crippen LogP contribution in [0.2, 0.25) is 0 Å². The molecule has 1 amide bonds. The number of hydrogen-bond acceptors (Lipinski definition) is 6. The molecule has 0 aliphatic heterocycles. The highest BCUT2D eigenvalue weighted by molar-refractivity contribution is 5.91. The van der Waals surface area contributed by atoms with Gasteiger partial charge in [0.15, 0.2) is 0 Å². The summed E-state index contributed by atoms with van der Waals surface area (Å²) in [6, 6.07) is 3.60. The van der Waals surface area contributed by atoms with E-state index in [4.69, 9.17) is 13.9 Å². The molecular formula is C23H29NO6. The Morgan fingerprint density at radius 2 is 1.83 bits per heavy atom. The second kappa shape index (κ2) is 8.90. The second-order valence-corrected chi connectivity index (χ2v) is 8.70. The molecule has 1 N–H and O–H groups in total. The highest BCUT2D eigenvalue weighted by Gasteiger charge is 2.22. The molecule has 0 saturated heterocycles. The van der Waals surface area contributed by atoms with Crippen molar-refractivity contribution in [3.8, 4) is 5.75 Å². The van der Waals surface area contributed by atoms with Gasteiger partial charge in [-0.3, -0.25) is 4.79 Å². The maximum absolute atomic E-state index is 12.4. The predicted octanol–water partition coefficient (Wildman–Crippen LogP) is 4.19. The van der Waals surface area contributed by atoms with E-state index < -0.39 is 17.7 Å². The minimum absolute atomic E-state index is 0.143. The predicted molar refractivity (Wildman–Crippen MR) is 113 cm³/mol. The number of aryl methyl sites for hydroxylation is 2. The Morgan fingerprint density at radius 3 is 2.53 bits per heavy atom. The summed E-state index contributed by atoms with van der Waals surface area (Å²) in [5, 5.41) is 3.34. The smallest absolute Gasteiger partial charge is 0.407 e. The summed E-state index contributed by atoms with van der Waals surface area (Å²) in [6.07, 6.45) is 3.45. The maximum Gasteiger partial charge on any atom is 0.407 e. The summed E-state index contributed by atoms with van der Waals surface area (Å²) in [5.74, 6) is 0.0284. The average Bonchev–Trinajstić information content (AvgIpc) is 2.63. The third kappa shape index (κ3) is 5.40. The summed E-state index contributed by atoms with van der Waals surface area (Å²) in [7, 11) is 0. The zero-order valence-corrected chi connectivity index (χ0v) is 18.1. The van der Waals surface area contributed by atoms with Crippen LogP contribution in [0.15, 0.2) is 21.3 Å². The number of alkyl carbamates (subject to hydrolysis) is 1. The molecule has 0 saturated carbocycles. The molecule has 1 heterocycles. The number of amides is 1. The van der Waals surface area contributed by atoms with Gasteiger partial charge in [-0.2, -0.15) is 0 Å². The molecule has 3 rings (SSSR count). The van der Waals surface area contributed by atoms with E-state index in [0.717, 1.165) is 35.8 Å². The Bertz CT molecular complexity index is 1010. The Balaban J connectivity index is 1.69. The molecule has 0 fully saturated rings. The first-order valence-corrected chi connectivity index (χ1v) is 10.4. The lowest BCUT2D eigenvalue weighted by atomic mass is 9.90. The number of esters is 1. The first-order chi connectivity index (χ1) is 14.1. The van der Waals surface area contributed by atoms with Crippen molar-refractivity contribution in [2.45, 2.75) is 71.8 Å². The van der Waals surface area contributed by atoms with Crippen LogP contribution in [-0.2, 0) is 22.4 Å². The number of carbonyl (C=O) groups is 2. The van der Waals surface area contributed by atoms with Crippen LogP contribution in [0.1, 0.15) is 63.1 Å². The van der Waals surface area contributed by atoms with Crippen LogP contribution < -0.4 is 15.7 Å². The summed E-state index contributed by atoms with van der Waals surface area (Å²) in [4.78, 5) is 36.4. The monoisotopic (exact) mass is 415 g/mol. The van der Waals surface area contributed by atoms with Crippen molar-refractivity contribution in [3.05, 3.63) is 39.2 Å². The molecule has 2 aromatic rings. The van der Waals surface area contributed by atoms with Crippen LogP contribution in [0.5, 0.6) is 5.75 Å². The Kier molecular flexibility index (Phi) is 6.48. The maximum atomic E-state index is 12.4. The van der Waals surface area contributed by atoms with Gasteiger partial charge in [-0.1, -0.05) is 0 Å². The van der Waals surface area contributed by atoms with Crippen LogP contribution in [0.3, 0.4) is 0 Å². The lowest BCUT2D eigenvalue weighted by Crippen LogP contribution is -2.33. The number of nitrogens with one attached hydrogen (secondary N) is 1. The van der Waals surface area contributed by atoms with Gasteiger partial charge in [-0.05, 0) is 83.1 Å². The van der Waals surface area contributed by atoms with Crippen molar-refractivity contribution in [1.29, 1.82) is 0 Å². The highest BCUT2D eigenvalue weighted by Crippen LogP contribution is 2.34. The first-order valence-electron chi connectivity index (χ1n) is 10.4. The molecule has 30 heavy (non-hydrogen) atoms. The molecule has 0 unspecified atom stereocenters. The summed E-state index contributed by atoms with van der Waals surface area (Å²) < 4.78 is 16.3. The van der Waals surface area contributed by atoms with Crippen molar-refractivity contribution in [2.24, 2.45) is 0 Å². The zero-order valence-electron chi connectivity index (χ0n) is 18.1. The van der Waals surface area contributed by atoms with E-state index in [1.807, 2.05) is 6.92 Å². The molecule has 0 bridgehead atoms. The minimum Gasteiger partial charge on any atom is -0.444 e. The van der Waals surface area contributed by atoms with Gasteiger partial charge in [0, 0.05) is 18.5 Å². The van der Waals surface area contributed by atoms with Gasteiger partial charge < -0.3 is 19.2 Å². The van der Waals surface area contributed by atoms with Crippen LogP contribution in [-0.4, -0.2) is 24.2 Å². The van der Waals surface area contributed by atoms with E-state index in [1.54, 1.807) is 32.9 Å². The summed E-state index contributed by atoms with van der Waals surface area (Å²) in [5.41, 5.74) is 2.06. The Hall–Kier alpha value is -2.83. The summed E-state index contributed by atoms with van der Waals surface area (Å²) >= 11 is 0. The van der Waals surface area contributed by atoms with E-state index in [9.17, 15) is 14.4 Å². The van der Waals surface area contributed by atoms with Crippen LogP contribution in [0, 0.1) is 6.92 Å². The number of benzene rings is 1. The van der Waals surface area contributed by atoms with Crippen molar-refractivity contribution in [1.82, 2.24) is 5.32 Å². The third-order valence-electron chi connectivity index (χ3n) is 4.88. The molecule has 7 heteroatoms. The van der Waals surface area contributed by atoms with E-state index in [-0.39, 0.29) is 12.0 Å².